The number of benzene rings is 1. The predicted molar refractivity (Wildman–Crippen MR) is 112 cm³/mol. The highest BCUT2D eigenvalue weighted by Gasteiger charge is 2.26. The molecule has 1 fully saturated rings. The number of hydrogen-bond donors (Lipinski definition) is 1. The fraction of sp³-hybridized carbons (Fsp3) is 0.429. The van der Waals surface area contributed by atoms with E-state index in [1.807, 2.05) is 0 Å². The van der Waals surface area contributed by atoms with Crippen LogP contribution in [-0.4, -0.2) is 69.0 Å². The van der Waals surface area contributed by atoms with E-state index < -0.39 is 16.0 Å². The van der Waals surface area contributed by atoms with Crippen LogP contribution in [0, 0.1) is 13.8 Å². The number of sulfonamides is 1. The number of aromatic amines is 1. The summed E-state index contributed by atoms with van der Waals surface area (Å²) in [5.41, 5.74) is 1.70. The smallest absolute Gasteiger partial charge is 0.355 e. The molecule has 2 aromatic rings. The quantitative estimate of drug-likeness (QED) is 0.484. The Morgan fingerprint density at radius 1 is 1.13 bits per heavy atom. The molecule has 1 aliphatic heterocycles. The van der Waals surface area contributed by atoms with Gasteiger partial charge in [0.25, 0.3) is 0 Å². The van der Waals surface area contributed by atoms with E-state index in [0.717, 1.165) is 0 Å². The van der Waals surface area contributed by atoms with Crippen LogP contribution >= 0.6 is 0 Å². The van der Waals surface area contributed by atoms with Gasteiger partial charge in [0.2, 0.25) is 15.8 Å². The Balaban J connectivity index is 1.67. The third-order valence-electron chi connectivity index (χ3n) is 5.00. The van der Waals surface area contributed by atoms with Crippen LogP contribution in [0.15, 0.2) is 29.2 Å². The number of nitrogens with zero attached hydrogens (tertiary/aromatic N) is 1. The largest absolute Gasteiger partial charge is 0.485 e. The second kappa shape index (κ2) is 9.63. The van der Waals surface area contributed by atoms with Crippen molar-refractivity contribution in [2.45, 2.75) is 25.7 Å². The van der Waals surface area contributed by atoms with Crippen molar-refractivity contribution in [1.82, 2.24) is 9.29 Å². The minimum atomic E-state index is -3.59. The van der Waals surface area contributed by atoms with Gasteiger partial charge in [-0.2, -0.15) is 4.31 Å². The first-order chi connectivity index (χ1) is 14.8. The Bertz CT molecular complexity index is 1050. The molecule has 31 heavy (non-hydrogen) atoms. The maximum Gasteiger partial charge on any atom is 0.355 e. The van der Waals surface area contributed by atoms with Gasteiger partial charge in [0, 0.05) is 24.3 Å². The van der Waals surface area contributed by atoms with E-state index in [0.29, 0.717) is 48.9 Å². The molecule has 2 heterocycles. The van der Waals surface area contributed by atoms with Crippen LogP contribution in [0.1, 0.15) is 39.0 Å². The summed E-state index contributed by atoms with van der Waals surface area (Å²) < 4.78 is 42.5. The molecule has 1 aromatic heterocycles. The summed E-state index contributed by atoms with van der Waals surface area (Å²) in [7, 11) is -3.59. The zero-order valence-corrected chi connectivity index (χ0v) is 18.6. The molecule has 9 nitrogen and oxygen atoms in total. The molecule has 0 aliphatic carbocycles. The van der Waals surface area contributed by atoms with Gasteiger partial charge >= 0.3 is 5.97 Å². The SMILES string of the molecule is CCOC(=O)c1[nH]c(C)c(C(=O)COc2ccc(S(=O)(=O)N3CCOCC3)cc2)c1C. The zero-order valence-electron chi connectivity index (χ0n) is 17.8. The van der Waals surface area contributed by atoms with Gasteiger partial charge in [-0.25, -0.2) is 13.2 Å². The molecule has 10 heteroatoms. The number of H-pyrrole nitrogens is 1. The first-order valence-corrected chi connectivity index (χ1v) is 11.4. The average molecular weight is 451 g/mol. The number of aryl methyl sites for hydroxylation is 1. The molecule has 0 spiro atoms. The lowest BCUT2D eigenvalue weighted by molar-refractivity contribution is 0.0519. The van der Waals surface area contributed by atoms with E-state index in [9.17, 15) is 18.0 Å². The summed E-state index contributed by atoms with van der Waals surface area (Å²) in [6.07, 6.45) is 0. The number of carbonyl (C=O) groups is 2. The number of carbonyl (C=O) groups excluding carboxylic acids is 2. The van der Waals surface area contributed by atoms with Crippen LogP contribution in [0.2, 0.25) is 0 Å². The average Bonchev–Trinajstić information content (AvgIpc) is 3.07. The molecular formula is C21H26N2O7S. The fourth-order valence-corrected chi connectivity index (χ4v) is 4.85. The molecular weight excluding hydrogens is 424 g/mol. The van der Waals surface area contributed by atoms with Crippen molar-refractivity contribution in [2.24, 2.45) is 0 Å². The van der Waals surface area contributed by atoms with E-state index in [1.54, 1.807) is 20.8 Å². The van der Waals surface area contributed by atoms with Gasteiger partial charge in [-0.05, 0) is 50.6 Å². The number of aromatic nitrogens is 1. The molecule has 168 valence electrons. The van der Waals surface area contributed by atoms with Crippen LogP contribution < -0.4 is 4.74 Å². The molecule has 0 atom stereocenters. The lowest BCUT2D eigenvalue weighted by Gasteiger charge is -2.26. The van der Waals surface area contributed by atoms with Crippen LogP contribution in [-0.2, 0) is 19.5 Å². The number of ether oxygens (including phenoxy) is 3. The van der Waals surface area contributed by atoms with Gasteiger partial charge in [-0.1, -0.05) is 0 Å². The summed E-state index contributed by atoms with van der Waals surface area (Å²) in [5.74, 6) is -0.447. The fourth-order valence-electron chi connectivity index (χ4n) is 3.44. The van der Waals surface area contributed by atoms with Gasteiger partial charge in [0.1, 0.15) is 11.4 Å². The van der Waals surface area contributed by atoms with Gasteiger partial charge in [0.15, 0.2) is 6.61 Å². The number of ketones is 1. The van der Waals surface area contributed by atoms with Gasteiger partial charge in [-0.15, -0.1) is 0 Å². The monoisotopic (exact) mass is 450 g/mol. The first kappa shape index (κ1) is 23.0. The van der Waals surface area contributed by atoms with Gasteiger partial charge in [0.05, 0.1) is 24.7 Å². The molecule has 0 unspecified atom stereocenters. The summed E-state index contributed by atoms with van der Waals surface area (Å²) in [6.45, 7) is 6.45. The van der Waals surface area contributed by atoms with Crippen molar-refractivity contribution < 1.29 is 32.2 Å². The summed E-state index contributed by atoms with van der Waals surface area (Å²) in [5, 5.41) is 0. The van der Waals surface area contributed by atoms with E-state index >= 15 is 0 Å². The summed E-state index contributed by atoms with van der Waals surface area (Å²) >= 11 is 0. The van der Waals surface area contributed by atoms with E-state index in [4.69, 9.17) is 14.2 Å². The normalized spacial score (nSPS) is 14.9. The van der Waals surface area contributed by atoms with E-state index in [1.165, 1.54) is 28.6 Å². The Morgan fingerprint density at radius 2 is 1.77 bits per heavy atom. The van der Waals surface area contributed by atoms with Crippen molar-refractivity contribution >= 4 is 21.8 Å². The number of hydrogen-bond acceptors (Lipinski definition) is 7. The summed E-state index contributed by atoms with van der Waals surface area (Å²) in [4.78, 5) is 27.7. The molecule has 1 aliphatic rings. The lowest BCUT2D eigenvalue weighted by Crippen LogP contribution is -2.40. The van der Waals surface area contributed by atoms with Gasteiger partial charge < -0.3 is 19.2 Å². The second-order valence-electron chi connectivity index (χ2n) is 7.05. The highest BCUT2D eigenvalue weighted by Crippen LogP contribution is 2.22. The molecule has 1 N–H and O–H groups in total. The molecule has 1 saturated heterocycles. The molecule has 0 saturated carbocycles. The van der Waals surface area contributed by atoms with Crippen LogP contribution in [0.4, 0.5) is 0 Å². The topological polar surface area (TPSA) is 115 Å². The van der Waals surface area contributed by atoms with Crippen LogP contribution in [0.5, 0.6) is 5.75 Å². The second-order valence-corrected chi connectivity index (χ2v) is 8.98. The first-order valence-electron chi connectivity index (χ1n) is 9.96. The maximum absolute atomic E-state index is 12.7. The number of morpholine rings is 1. The molecule has 0 radical (unpaired) electrons. The van der Waals surface area contributed by atoms with Crippen molar-refractivity contribution in [3.05, 3.63) is 46.8 Å². The van der Waals surface area contributed by atoms with Crippen LogP contribution in [0.3, 0.4) is 0 Å². The molecule has 0 amide bonds. The number of esters is 1. The zero-order chi connectivity index (χ0) is 22.6. The highest BCUT2D eigenvalue weighted by atomic mass is 32.2. The third-order valence-corrected chi connectivity index (χ3v) is 6.91. The Kier molecular flexibility index (Phi) is 7.14. The minimum absolute atomic E-state index is 0.157. The Morgan fingerprint density at radius 3 is 2.39 bits per heavy atom. The molecule has 1 aromatic carbocycles. The standard InChI is InChI=1S/C21H26N2O7S/c1-4-29-21(25)20-14(2)19(15(3)22-20)18(24)13-30-16-5-7-17(8-6-16)31(26,27)23-9-11-28-12-10-23/h5-8,22H,4,9-13H2,1-3H3. The Labute approximate surface area is 181 Å². The van der Waals surface area contributed by atoms with Crippen LogP contribution in [0.25, 0.3) is 0 Å². The van der Waals surface area contributed by atoms with E-state index in [2.05, 4.69) is 4.98 Å². The maximum atomic E-state index is 12.7. The highest BCUT2D eigenvalue weighted by molar-refractivity contribution is 7.89. The number of nitrogens with one attached hydrogen (secondary N) is 1. The van der Waals surface area contributed by atoms with Gasteiger partial charge in [-0.3, -0.25) is 4.79 Å². The lowest BCUT2D eigenvalue weighted by atomic mass is 10.1. The minimum Gasteiger partial charge on any atom is -0.485 e. The number of rotatable bonds is 8. The number of Topliss-reactive ketones (excluding diaryl/α,β-unsaturated/α-hetero) is 1. The van der Waals surface area contributed by atoms with Crippen molar-refractivity contribution in [3.8, 4) is 5.75 Å². The van der Waals surface area contributed by atoms with Crippen molar-refractivity contribution in [2.75, 3.05) is 39.5 Å². The predicted octanol–water partition coefficient (Wildman–Crippen LogP) is 2.09. The molecule has 0 bridgehead atoms. The third kappa shape index (κ3) is 4.97. The summed E-state index contributed by atoms with van der Waals surface area (Å²) in [6, 6.07) is 5.94. The Hall–Kier alpha value is -2.69. The van der Waals surface area contributed by atoms with Crippen molar-refractivity contribution in [3.63, 3.8) is 0 Å². The van der Waals surface area contributed by atoms with Crippen molar-refractivity contribution in [1.29, 1.82) is 0 Å². The molecule has 3 rings (SSSR count). The van der Waals surface area contributed by atoms with E-state index in [-0.39, 0.29) is 29.6 Å².